The third kappa shape index (κ3) is 3.16. The molecule has 2 heterocycles. The molecule has 0 amide bonds. The lowest BCUT2D eigenvalue weighted by molar-refractivity contribution is 0.479. The van der Waals surface area contributed by atoms with E-state index in [9.17, 15) is 0 Å². The molecule has 1 atom stereocenters. The predicted octanol–water partition coefficient (Wildman–Crippen LogP) is 1.96. The Hall–Kier alpha value is -1.16. The predicted molar refractivity (Wildman–Crippen MR) is 70.1 cm³/mol. The molecular weight excluding hydrogens is 212 g/mol. The van der Waals surface area contributed by atoms with Gasteiger partial charge in [0.2, 0.25) is 0 Å². The van der Waals surface area contributed by atoms with Gasteiger partial charge in [-0.2, -0.15) is 5.10 Å². The molecule has 4 heteroatoms. The van der Waals surface area contributed by atoms with Crippen LogP contribution in [-0.4, -0.2) is 29.3 Å². The largest absolute Gasteiger partial charge is 0.352 e. The highest BCUT2D eigenvalue weighted by molar-refractivity contribution is 5.39. The molecule has 0 bridgehead atoms. The normalized spacial score (nSPS) is 20.6. The van der Waals surface area contributed by atoms with Crippen molar-refractivity contribution in [3.8, 4) is 0 Å². The van der Waals surface area contributed by atoms with E-state index >= 15 is 0 Å². The second-order valence-electron chi connectivity index (χ2n) is 4.70. The van der Waals surface area contributed by atoms with E-state index < -0.39 is 0 Å². The monoisotopic (exact) mass is 234 g/mol. The molecule has 94 valence electrons. The third-order valence-electron chi connectivity index (χ3n) is 3.36. The van der Waals surface area contributed by atoms with Gasteiger partial charge in [0.1, 0.15) is 0 Å². The van der Waals surface area contributed by atoms with E-state index in [4.69, 9.17) is 0 Å². The minimum absolute atomic E-state index is 0.595. The third-order valence-corrected chi connectivity index (χ3v) is 3.36. The summed E-state index contributed by atoms with van der Waals surface area (Å²) in [5.41, 5.74) is 1.01. The van der Waals surface area contributed by atoms with E-state index in [0.29, 0.717) is 6.04 Å². The van der Waals surface area contributed by atoms with Gasteiger partial charge >= 0.3 is 0 Å². The summed E-state index contributed by atoms with van der Waals surface area (Å²) in [5.74, 6) is 1.03. The second-order valence-corrected chi connectivity index (χ2v) is 4.70. The Labute approximate surface area is 103 Å². The molecule has 1 unspecified atom stereocenters. The summed E-state index contributed by atoms with van der Waals surface area (Å²) < 4.78 is 0. The number of piperidine rings is 1. The van der Waals surface area contributed by atoms with Gasteiger partial charge in [-0.25, -0.2) is 0 Å². The summed E-state index contributed by atoms with van der Waals surface area (Å²) in [6, 6.07) is 4.77. The smallest absolute Gasteiger partial charge is 0.151 e. The van der Waals surface area contributed by atoms with Gasteiger partial charge in [-0.1, -0.05) is 6.92 Å². The van der Waals surface area contributed by atoms with Gasteiger partial charge in [0, 0.05) is 19.1 Å². The van der Waals surface area contributed by atoms with Gasteiger partial charge in [0.15, 0.2) is 5.82 Å². The topological polar surface area (TPSA) is 41.0 Å². The van der Waals surface area contributed by atoms with Crippen molar-refractivity contribution in [2.45, 2.75) is 45.7 Å². The van der Waals surface area contributed by atoms with E-state index in [1.165, 1.54) is 19.3 Å². The van der Waals surface area contributed by atoms with Crippen LogP contribution in [0.4, 0.5) is 5.82 Å². The Morgan fingerprint density at radius 2 is 2.24 bits per heavy atom. The van der Waals surface area contributed by atoms with Crippen molar-refractivity contribution in [2.75, 3.05) is 18.0 Å². The molecule has 0 saturated carbocycles. The molecule has 2 rings (SSSR count). The molecule has 1 aliphatic heterocycles. The van der Waals surface area contributed by atoms with E-state index in [1.807, 2.05) is 0 Å². The van der Waals surface area contributed by atoms with Gasteiger partial charge in [0.05, 0.1) is 5.69 Å². The fourth-order valence-corrected chi connectivity index (χ4v) is 2.29. The van der Waals surface area contributed by atoms with Crippen molar-refractivity contribution in [1.82, 2.24) is 15.5 Å². The number of anilines is 1. The molecule has 17 heavy (non-hydrogen) atoms. The van der Waals surface area contributed by atoms with E-state index in [2.05, 4.69) is 46.4 Å². The van der Waals surface area contributed by atoms with Gasteiger partial charge in [-0.15, -0.1) is 5.10 Å². The summed E-state index contributed by atoms with van der Waals surface area (Å²) in [5, 5.41) is 11.9. The van der Waals surface area contributed by atoms with E-state index in [0.717, 1.165) is 31.1 Å². The molecule has 0 aromatic carbocycles. The molecule has 1 aliphatic rings. The van der Waals surface area contributed by atoms with Crippen LogP contribution in [0.3, 0.4) is 0 Å². The van der Waals surface area contributed by atoms with Crippen LogP contribution in [-0.2, 0) is 6.54 Å². The Balaban J connectivity index is 2.01. The average molecular weight is 234 g/mol. The highest BCUT2D eigenvalue weighted by Crippen LogP contribution is 2.21. The molecule has 1 N–H and O–H groups in total. The van der Waals surface area contributed by atoms with Gasteiger partial charge in [-0.3, -0.25) is 0 Å². The summed E-state index contributed by atoms with van der Waals surface area (Å²) >= 11 is 0. The second kappa shape index (κ2) is 5.96. The fraction of sp³-hybridized carbons (Fsp3) is 0.692. The molecule has 0 spiro atoms. The first-order valence-electron chi connectivity index (χ1n) is 6.61. The average Bonchev–Trinajstić information content (AvgIpc) is 2.38. The summed E-state index contributed by atoms with van der Waals surface area (Å²) in [6.07, 6.45) is 3.87. The molecule has 1 saturated heterocycles. The SMILES string of the molecule is CCNCc1ccc(N2CCCCC2C)nn1. The lowest BCUT2D eigenvalue weighted by Crippen LogP contribution is -2.38. The van der Waals surface area contributed by atoms with Crippen LogP contribution in [0.15, 0.2) is 12.1 Å². The van der Waals surface area contributed by atoms with Crippen molar-refractivity contribution in [3.05, 3.63) is 17.8 Å². The quantitative estimate of drug-likeness (QED) is 0.864. The molecule has 0 radical (unpaired) electrons. The van der Waals surface area contributed by atoms with Gasteiger partial charge < -0.3 is 10.2 Å². The van der Waals surface area contributed by atoms with Crippen molar-refractivity contribution < 1.29 is 0 Å². The van der Waals surface area contributed by atoms with Gasteiger partial charge in [-0.05, 0) is 44.9 Å². The van der Waals surface area contributed by atoms with Crippen LogP contribution in [0.25, 0.3) is 0 Å². The van der Waals surface area contributed by atoms with Crippen molar-refractivity contribution in [2.24, 2.45) is 0 Å². The first kappa shape index (κ1) is 12.3. The first-order chi connectivity index (χ1) is 8.31. The van der Waals surface area contributed by atoms with Crippen LogP contribution in [0, 0.1) is 0 Å². The summed E-state index contributed by atoms with van der Waals surface area (Å²) in [6.45, 7) is 7.25. The number of aromatic nitrogens is 2. The maximum atomic E-state index is 4.34. The lowest BCUT2D eigenvalue weighted by Gasteiger charge is -2.34. The lowest BCUT2D eigenvalue weighted by atomic mass is 10.0. The van der Waals surface area contributed by atoms with Crippen LogP contribution in [0.5, 0.6) is 0 Å². The van der Waals surface area contributed by atoms with Gasteiger partial charge in [0.25, 0.3) is 0 Å². The van der Waals surface area contributed by atoms with Crippen LogP contribution in [0.2, 0.25) is 0 Å². The fourth-order valence-electron chi connectivity index (χ4n) is 2.29. The molecule has 1 aromatic heterocycles. The standard InChI is InChI=1S/C13H22N4/c1-3-14-10-12-7-8-13(16-15-12)17-9-5-4-6-11(17)2/h7-8,11,14H,3-6,9-10H2,1-2H3. The number of nitrogens with zero attached hydrogens (tertiary/aromatic N) is 3. The number of nitrogens with one attached hydrogen (secondary N) is 1. The minimum atomic E-state index is 0.595. The molecular formula is C13H22N4. The Morgan fingerprint density at radius 1 is 1.35 bits per heavy atom. The summed E-state index contributed by atoms with van der Waals surface area (Å²) in [7, 11) is 0. The van der Waals surface area contributed by atoms with Crippen molar-refractivity contribution >= 4 is 5.82 Å². The van der Waals surface area contributed by atoms with E-state index in [-0.39, 0.29) is 0 Å². The molecule has 4 nitrogen and oxygen atoms in total. The zero-order chi connectivity index (χ0) is 12.1. The number of rotatable bonds is 4. The van der Waals surface area contributed by atoms with Crippen LogP contribution >= 0.6 is 0 Å². The molecule has 0 aliphatic carbocycles. The van der Waals surface area contributed by atoms with E-state index in [1.54, 1.807) is 0 Å². The number of hydrogen-bond acceptors (Lipinski definition) is 4. The maximum absolute atomic E-state index is 4.34. The minimum Gasteiger partial charge on any atom is -0.352 e. The Morgan fingerprint density at radius 3 is 2.88 bits per heavy atom. The number of hydrogen-bond donors (Lipinski definition) is 1. The van der Waals surface area contributed by atoms with Crippen molar-refractivity contribution in [1.29, 1.82) is 0 Å². The Kier molecular flexibility index (Phi) is 4.31. The first-order valence-corrected chi connectivity index (χ1v) is 6.61. The van der Waals surface area contributed by atoms with Crippen LogP contribution < -0.4 is 10.2 Å². The zero-order valence-electron chi connectivity index (χ0n) is 10.8. The zero-order valence-corrected chi connectivity index (χ0v) is 10.8. The van der Waals surface area contributed by atoms with Crippen LogP contribution in [0.1, 0.15) is 38.8 Å². The van der Waals surface area contributed by atoms with Crippen molar-refractivity contribution in [3.63, 3.8) is 0 Å². The Bertz CT molecular complexity index is 336. The maximum Gasteiger partial charge on any atom is 0.151 e. The highest BCUT2D eigenvalue weighted by atomic mass is 15.3. The molecule has 1 aromatic rings. The summed E-state index contributed by atoms with van der Waals surface area (Å²) in [4.78, 5) is 2.37. The highest BCUT2D eigenvalue weighted by Gasteiger charge is 2.19. The molecule has 1 fully saturated rings.